The highest BCUT2D eigenvalue weighted by molar-refractivity contribution is 6.00. The second-order valence-electron chi connectivity index (χ2n) is 5.30. The number of benzene rings is 1. The minimum atomic E-state index is -1.00. The van der Waals surface area contributed by atoms with Crippen molar-refractivity contribution in [3.63, 3.8) is 0 Å². The van der Waals surface area contributed by atoms with Crippen LogP contribution < -0.4 is 4.90 Å². The molecule has 0 radical (unpaired) electrons. The molecule has 1 saturated heterocycles. The van der Waals surface area contributed by atoms with Gasteiger partial charge in [-0.15, -0.1) is 0 Å². The maximum Gasteiger partial charge on any atom is 0.252 e. The molecule has 1 heterocycles. The highest BCUT2D eigenvalue weighted by Crippen LogP contribution is 2.33. The fraction of sp³-hybridized carbons (Fsp3) is 0.467. The first-order valence-electron chi connectivity index (χ1n) is 6.26. The summed E-state index contributed by atoms with van der Waals surface area (Å²) < 4.78 is 5.05. The average Bonchev–Trinajstić information content (AvgIpc) is 2.26. The molecule has 1 fully saturated rings. The Balaban J connectivity index is 2.38. The van der Waals surface area contributed by atoms with Gasteiger partial charge in [-0.2, -0.15) is 5.26 Å². The Morgan fingerprint density at radius 3 is 2.21 bits per heavy atom. The van der Waals surface area contributed by atoms with E-state index in [0.717, 1.165) is 16.8 Å². The molecule has 0 aliphatic carbocycles. The molecule has 0 saturated carbocycles. The number of carbonyl (C=O) groups is 1. The van der Waals surface area contributed by atoms with Crippen LogP contribution in [0.25, 0.3) is 0 Å². The number of amides is 1. The van der Waals surface area contributed by atoms with Crippen molar-refractivity contribution in [2.45, 2.75) is 20.8 Å². The third-order valence-electron chi connectivity index (χ3n) is 3.60. The zero-order chi connectivity index (χ0) is 14.2. The standard InChI is InChI=1S/C15H18N2O2/c1-10-5-11(2)13(12(3)6-10)17(4)14(18)15(7-16)8-19-9-15/h5-6H,8-9H2,1-4H3. The van der Waals surface area contributed by atoms with Crippen molar-refractivity contribution < 1.29 is 9.53 Å². The molecule has 19 heavy (non-hydrogen) atoms. The van der Waals surface area contributed by atoms with Crippen LogP contribution in [0, 0.1) is 37.5 Å². The van der Waals surface area contributed by atoms with Crippen LogP contribution in [0.2, 0.25) is 0 Å². The van der Waals surface area contributed by atoms with Gasteiger partial charge in [0.15, 0.2) is 5.41 Å². The van der Waals surface area contributed by atoms with E-state index in [9.17, 15) is 10.1 Å². The van der Waals surface area contributed by atoms with E-state index in [1.165, 1.54) is 5.56 Å². The molecule has 0 spiro atoms. The Morgan fingerprint density at radius 1 is 1.32 bits per heavy atom. The zero-order valence-electron chi connectivity index (χ0n) is 11.8. The predicted molar refractivity (Wildman–Crippen MR) is 72.9 cm³/mol. The van der Waals surface area contributed by atoms with E-state index in [2.05, 4.69) is 6.07 Å². The SMILES string of the molecule is Cc1cc(C)c(N(C)C(=O)C2(C#N)COC2)c(C)c1. The largest absolute Gasteiger partial charge is 0.377 e. The lowest BCUT2D eigenvalue weighted by atomic mass is 9.86. The van der Waals surface area contributed by atoms with Crippen LogP contribution in [-0.4, -0.2) is 26.2 Å². The van der Waals surface area contributed by atoms with Crippen LogP contribution in [0.3, 0.4) is 0 Å². The highest BCUT2D eigenvalue weighted by atomic mass is 16.5. The molecule has 100 valence electrons. The first-order chi connectivity index (χ1) is 8.91. The third kappa shape index (κ3) is 2.11. The van der Waals surface area contributed by atoms with E-state index >= 15 is 0 Å². The molecule has 1 aliphatic rings. The summed E-state index contributed by atoms with van der Waals surface area (Å²) in [6.07, 6.45) is 0. The maximum absolute atomic E-state index is 12.5. The van der Waals surface area contributed by atoms with E-state index in [-0.39, 0.29) is 19.1 Å². The normalized spacial score (nSPS) is 16.4. The topological polar surface area (TPSA) is 53.3 Å². The van der Waals surface area contributed by atoms with Gasteiger partial charge < -0.3 is 9.64 Å². The van der Waals surface area contributed by atoms with Crippen LogP contribution in [0.4, 0.5) is 5.69 Å². The van der Waals surface area contributed by atoms with Gasteiger partial charge >= 0.3 is 0 Å². The second-order valence-corrected chi connectivity index (χ2v) is 5.30. The van der Waals surface area contributed by atoms with E-state index in [1.807, 2.05) is 32.9 Å². The number of hydrogen-bond donors (Lipinski definition) is 0. The number of carbonyl (C=O) groups excluding carboxylic acids is 1. The first kappa shape index (κ1) is 13.6. The van der Waals surface area contributed by atoms with Crippen molar-refractivity contribution in [3.05, 3.63) is 28.8 Å². The van der Waals surface area contributed by atoms with E-state index in [0.29, 0.717) is 0 Å². The number of hydrogen-bond acceptors (Lipinski definition) is 3. The van der Waals surface area contributed by atoms with Crippen LogP contribution in [0.1, 0.15) is 16.7 Å². The Hall–Kier alpha value is -1.86. The Labute approximate surface area is 113 Å². The van der Waals surface area contributed by atoms with Crippen molar-refractivity contribution >= 4 is 11.6 Å². The lowest BCUT2D eigenvalue weighted by molar-refractivity contribution is -0.146. The average molecular weight is 258 g/mol. The molecule has 1 aliphatic heterocycles. The summed E-state index contributed by atoms with van der Waals surface area (Å²) in [4.78, 5) is 14.1. The van der Waals surface area contributed by atoms with Gasteiger partial charge in [-0.05, 0) is 31.9 Å². The number of rotatable bonds is 2. The highest BCUT2D eigenvalue weighted by Gasteiger charge is 2.48. The Kier molecular flexibility index (Phi) is 3.34. The quantitative estimate of drug-likeness (QED) is 0.816. The summed E-state index contributed by atoms with van der Waals surface area (Å²) >= 11 is 0. The van der Waals surface area contributed by atoms with Crippen LogP contribution >= 0.6 is 0 Å². The van der Waals surface area contributed by atoms with Gasteiger partial charge in [0.1, 0.15) is 0 Å². The Morgan fingerprint density at radius 2 is 1.84 bits per heavy atom. The number of ether oxygens (including phenoxy) is 1. The summed E-state index contributed by atoms with van der Waals surface area (Å²) in [6, 6.07) is 6.19. The summed E-state index contributed by atoms with van der Waals surface area (Å²) in [5.41, 5.74) is 3.14. The minimum Gasteiger partial charge on any atom is -0.377 e. The van der Waals surface area contributed by atoms with E-state index < -0.39 is 5.41 Å². The molecule has 0 unspecified atom stereocenters. The molecule has 1 aromatic carbocycles. The van der Waals surface area contributed by atoms with Gasteiger partial charge in [-0.25, -0.2) is 0 Å². The molecular formula is C15H18N2O2. The number of nitriles is 1. The van der Waals surface area contributed by atoms with Crippen molar-refractivity contribution in [1.82, 2.24) is 0 Å². The van der Waals surface area contributed by atoms with Gasteiger partial charge in [0.05, 0.1) is 19.3 Å². The zero-order valence-corrected chi connectivity index (χ0v) is 11.8. The summed E-state index contributed by atoms with van der Waals surface area (Å²) in [5, 5.41) is 9.21. The summed E-state index contributed by atoms with van der Waals surface area (Å²) in [7, 11) is 1.73. The number of anilines is 1. The number of aryl methyl sites for hydroxylation is 3. The molecule has 2 rings (SSSR count). The van der Waals surface area contributed by atoms with Gasteiger partial charge in [-0.3, -0.25) is 4.79 Å². The monoisotopic (exact) mass is 258 g/mol. The summed E-state index contributed by atoms with van der Waals surface area (Å²) in [5.74, 6) is -0.184. The van der Waals surface area contributed by atoms with Crippen molar-refractivity contribution in [1.29, 1.82) is 5.26 Å². The van der Waals surface area contributed by atoms with E-state index in [1.54, 1.807) is 11.9 Å². The Bertz CT molecular complexity index is 545. The van der Waals surface area contributed by atoms with Crippen LogP contribution in [0.5, 0.6) is 0 Å². The lowest BCUT2D eigenvalue weighted by Crippen LogP contribution is -2.54. The van der Waals surface area contributed by atoms with Crippen LogP contribution in [0.15, 0.2) is 12.1 Å². The molecule has 4 heteroatoms. The molecule has 0 N–H and O–H groups in total. The second kappa shape index (κ2) is 4.67. The molecule has 4 nitrogen and oxygen atoms in total. The van der Waals surface area contributed by atoms with Crippen LogP contribution in [-0.2, 0) is 9.53 Å². The van der Waals surface area contributed by atoms with Crippen molar-refractivity contribution in [2.24, 2.45) is 5.41 Å². The van der Waals surface area contributed by atoms with Gasteiger partial charge in [0.2, 0.25) is 0 Å². The minimum absolute atomic E-state index is 0.184. The van der Waals surface area contributed by atoms with Gasteiger partial charge in [-0.1, -0.05) is 17.7 Å². The van der Waals surface area contributed by atoms with Gasteiger partial charge in [0, 0.05) is 12.7 Å². The third-order valence-corrected chi connectivity index (χ3v) is 3.60. The molecule has 1 aromatic rings. The van der Waals surface area contributed by atoms with Gasteiger partial charge in [0.25, 0.3) is 5.91 Å². The number of nitrogens with zero attached hydrogens (tertiary/aromatic N) is 2. The predicted octanol–water partition coefficient (Wildman–Crippen LogP) is 2.11. The fourth-order valence-electron chi connectivity index (χ4n) is 2.67. The lowest BCUT2D eigenvalue weighted by Gasteiger charge is -2.37. The van der Waals surface area contributed by atoms with E-state index in [4.69, 9.17) is 4.74 Å². The molecule has 1 amide bonds. The molecule has 0 aromatic heterocycles. The van der Waals surface area contributed by atoms with Crippen molar-refractivity contribution in [3.8, 4) is 6.07 Å². The molecule has 0 atom stereocenters. The molecular weight excluding hydrogens is 240 g/mol. The first-order valence-corrected chi connectivity index (χ1v) is 6.26. The smallest absolute Gasteiger partial charge is 0.252 e. The maximum atomic E-state index is 12.5. The summed E-state index contributed by atoms with van der Waals surface area (Å²) in [6.45, 7) is 6.38. The molecule has 0 bridgehead atoms. The fourth-order valence-corrected chi connectivity index (χ4v) is 2.67. The van der Waals surface area contributed by atoms with Crippen molar-refractivity contribution in [2.75, 3.05) is 25.2 Å².